The molecule has 1 aliphatic rings. The van der Waals surface area contributed by atoms with E-state index in [2.05, 4.69) is 66.7 Å². The highest BCUT2D eigenvalue weighted by Gasteiger charge is 2.33. The Labute approximate surface area is 253 Å². The van der Waals surface area contributed by atoms with Crippen LogP contribution in [0.5, 0.6) is 0 Å². The summed E-state index contributed by atoms with van der Waals surface area (Å²) < 4.78 is 0. The molecule has 1 atom stereocenters. The lowest BCUT2D eigenvalue weighted by Crippen LogP contribution is -2.36. The molecule has 6 aromatic carbocycles. The van der Waals surface area contributed by atoms with Crippen LogP contribution >= 0.6 is 23.2 Å². The number of amides is 1. The largest absolute Gasteiger partial charge is 0.481 e. The number of carboxylic acids is 1. The summed E-state index contributed by atoms with van der Waals surface area (Å²) in [7, 11) is 0. The van der Waals surface area contributed by atoms with Crippen LogP contribution in [0.25, 0.3) is 32.3 Å². The predicted molar refractivity (Wildman–Crippen MR) is 173 cm³/mol. The van der Waals surface area contributed by atoms with Gasteiger partial charge in [-0.3, -0.25) is 9.59 Å². The van der Waals surface area contributed by atoms with Gasteiger partial charge in [0.05, 0.1) is 6.54 Å². The van der Waals surface area contributed by atoms with E-state index in [9.17, 15) is 4.79 Å². The van der Waals surface area contributed by atoms with Crippen molar-refractivity contribution in [2.75, 3.05) is 4.90 Å². The molecule has 0 aliphatic carbocycles. The van der Waals surface area contributed by atoms with E-state index in [1.54, 1.807) is 0 Å². The third kappa shape index (κ3) is 5.20. The fraction of sp³-hybridized carbons (Fsp3) is 0.111. The van der Waals surface area contributed by atoms with Crippen molar-refractivity contribution in [2.24, 2.45) is 0 Å². The summed E-state index contributed by atoms with van der Waals surface area (Å²) in [5, 5.41) is 16.0. The van der Waals surface area contributed by atoms with Gasteiger partial charge >= 0.3 is 0 Å². The molecule has 0 bridgehead atoms. The first-order chi connectivity index (χ1) is 20.3. The summed E-state index contributed by atoms with van der Waals surface area (Å²) in [6, 6.07) is 37.2. The van der Waals surface area contributed by atoms with Crippen LogP contribution in [0.3, 0.4) is 0 Å². The Balaban J connectivity index is 0.000000744. The fourth-order valence-corrected chi connectivity index (χ4v) is 6.47. The van der Waals surface area contributed by atoms with Gasteiger partial charge in [-0.1, -0.05) is 108 Å². The number of nitrogens with zero attached hydrogens (tertiary/aromatic N) is 1. The Bertz CT molecular complexity index is 2000. The highest BCUT2D eigenvalue weighted by Crippen LogP contribution is 2.44. The number of carbonyl (C=O) groups excluding carboxylic acids is 1. The highest BCUT2D eigenvalue weighted by molar-refractivity contribution is 6.32. The van der Waals surface area contributed by atoms with E-state index in [0.29, 0.717) is 23.0 Å². The minimum atomic E-state index is -0.833. The van der Waals surface area contributed by atoms with E-state index < -0.39 is 5.97 Å². The van der Waals surface area contributed by atoms with E-state index in [0.717, 1.165) is 34.7 Å². The molecule has 0 radical (unpaired) electrons. The Morgan fingerprint density at radius 2 is 1.40 bits per heavy atom. The number of carboxylic acid groups (broad SMARTS) is 1. The van der Waals surface area contributed by atoms with Gasteiger partial charge in [0.25, 0.3) is 5.97 Å². The molecule has 208 valence electrons. The molecular weight excluding hydrogens is 565 g/mol. The zero-order chi connectivity index (χ0) is 29.4. The SMILES string of the molecule is CC(=O)O.O=C1CC(c2ccccc2Cl)c2cc(Cl)ccc2N1Cc1cccc2c1ccc1c3ccccc3ccc21. The molecule has 4 nitrogen and oxygen atoms in total. The summed E-state index contributed by atoms with van der Waals surface area (Å²) in [5.41, 5.74) is 3.99. The molecular formula is C36H27Cl2NO3. The maximum absolute atomic E-state index is 13.7. The van der Waals surface area contributed by atoms with Crippen LogP contribution < -0.4 is 4.90 Å². The number of hydrogen-bond donors (Lipinski definition) is 1. The Morgan fingerprint density at radius 1 is 0.762 bits per heavy atom. The van der Waals surface area contributed by atoms with Gasteiger partial charge in [0.15, 0.2) is 0 Å². The van der Waals surface area contributed by atoms with Gasteiger partial charge in [-0.25, -0.2) is 0 Å². The van der Waals surface area contributed by atoms with Crippen molar-refractivity contribution in [1.29, 1.82) is 0 Å². The lowest BCUT2D eigenvalue weighted by Gasteiger charge is -2.35. The molecule has 0 aromatic heterocycles. The quantitative estimate of drug-likeness (QED) is 0.208. The standard InChI is InChI=1S/C34H23Cl2NO.C2H4O2/c35-23-13-17-33-31(18-23)30(29-9-3-4-11-32(29)36)19-34(38)37(33)20-22-7-5-10-26-25(22)15-16-27-24-8-2-1-6-21(24)12-14-28(26)27;1-2(3)4/h1-18,30H,19-20H2;1H3,(H,3,4). The van der Waals surface area contributed by atoms with E-state index in [1.807, 2.05) is 47.4 Å². The van der Waals surface area contributed by atoms with Crippen LogP contribution in [0.2, 0.25) is 10.0 Å². The summed E-state index contributed by atoms with van der Waals surface area (Å²) in [5.74, 6) is -0.889. The van der Waals surface area contributed by atoms with Crippen molar-refractivity contribution in [3.05, 3.63) is 136 Å². The van der Waals surface area contributed by atoms with Crippen molar-refractivity contribution in [2.45, 2.75) is 25.8 Å². The molecule has 6 heteroatoms. The second-order valence-corrected chi connectivity index (χ2v) is 11.3. The van der Waals surface area contributed by atoms with Gasteiger partial charge in [0.1, 0.15) is 0 Å². The average molecular weight is 593 g/mol. The van der Waals surface area contributed by atoms with Crippen molar-refractivity contribution in [3.8, 4) is 0 Å². The zero-order valence-corrected chi connectivity index (χ0v) is 24.4. The molecule has 0 saturated heterocycles. The van der Waals surface area contributed by atoms with E-state index in [1.165, 1.54) is 26.9 Å². The van der Waals surface area contributed by atoms with E-state index in [4.69, 9.17) is 33.1 Å². The molecule has 42 heavy (non-hydrogen) atoms. The Hall–Kier alpha value is -4.38. The van der Waals surface area contributed by atoms with Crippen LogP contribution in [-0.4, -0.2) is 17.0 Å². The average Bonchev–Trinajstić information content (AvgIpc) is 2.98. The lowest BCUT2D eigenvalue weighted by atomic mass is 9.83. The van der Waals surface area contributed by atoms with Gasteiger partial charge in [-0.15, -0.1) is 0 Å². The van der Waals surface area contributed by atoms with Crippen molar-refractivity contribution in [1.82, 2.24) is 0 Å². The summed E-state index contributed by atoms with van der Waals surface area (Å²) in [6.45, 7) is 1.57. The van der Waals surface area contributed by atoms with E-state index >= 15 is 0 Å². The number of hydrogen-bond acceptors (Lipinski definition) is 2. The number of benzene rings is 6. The Kier molecular flexibility index (Phi) is 7.59. The molecule has 0 spiro atoms. The minimum absolute atomic E-state index is 0.0773. The van der Waals surface area contributed by atoms with Crippen LogP contribution in [0, 0.1) is 0 Å². The smallest absolute Gasteiger partial charge is 0.300 e. The van der Waals surface area contributed by atoms with Crippen molar-refractivity contribution < 1.29 is 14.7 Å². The summed E-state index contributed by atoms with van der Waals surface area (Å²) in [4.78, 5) is 24.6. The van der Waals surface area contributed by atoms with Crippen molar-refractivity contribution >= 4 is 73.1 Å². The first kappa shape index (κ1) is 27.8. The molecule has 7 rings (SSSR count). The monoisotopic (exact) mass is 591 g/mol. The molecule has 1 heterocycles. The van der Waals surface area contributed by atoms with Gasteiger partial charge < -0.3 is 10.0 Å². The van der Waals surface area contributed by atoms with Gasteiger partial charge in [-0.05, 0) is 73.3 Å². The Morgan fingerprint density at radius 3 is 2.21 bits per heavy atom. The molecule has 6 aromatic rings. The maximum atomic E-state index is 13.7. The third-order valence-electron chi connectivity index (χ3n) is 7.82. The third-order valence-corrected chi connectivity index (χ3v) is 8.40. The molecule has 1 aliphatic heterocycles. The maximum Gasteiger partial charge on any atom is 0.300 e. The number of carbonyl (C=O) groups is 2. The first-order valence-corrected chi connectivity index (χ1v) is 14.4. The lowest BCUT2D eigenvalue weighted by molar-refractivity contribution is -0.134. The molecule has 0 fully saturated rings. The number of rotatable bonds is 3. The second-order valence-electron chi connectivity index (χ2n) is 10.4. The van der Waals surface area contributed by atoms with Crippen LogP contribution in [0.15, 0.2) is 109 Å². The topological polar surface area (TPSA) is 57.6 Å². The molecule has 1 N–H and O–H groups in total. The van der Waals surface area contributed by atoms with Gasteiger partial charge in [0, 0.05) is 35.0 Å². The molecule has 1 unspecified atom stereocenters. The second kappa shape index (κ2) is 11.5. The predicted octanol–water partition coefficient (Wildman–Crippen LogP) is 9.61. The number of anilines is 1. The van der Waals surface area contributed by atoms with Crippen molar-refractivity contribution in [3.63, 3.8) is 0 Å². The van der Waals surface area contributed by atoms with E-state index in [-0.39, 0.29) is 11.8 Å². The van der Waals surface area contributed by atoms with Gasteiger partial charge in [0.2, 0.25) is 5.91 Å². The highest BCUT2D eigenvalue weighted by atomic mass is 35.5. The first-order valence-electron chi connectivity index (χ1n) is 13.7. The number of fused-ring (bicyclic) bond motifs is 6. The normalized spacial score (nSPS) is 14.5. The van der Waals surface area contributed by atoms with Crippen LogP contribution in [0.1, 0.15) is 36.0 Å². The minimum Gasteiger partial charge on any atom is -0.481 e. The van der Waals surface area contributed by atoms with Crippen LogP contribution in [0.4, 0.5) is 5.69 Å². The van der Waals surface area contributed by atoms with Gasteiger partial charge in [-0.2, -0.15) is 0 Å². The molecule has 0 saturated carbocycles. The number of aliphatic carboxylic acids is 1. The zero-order valence-electron chi connectivity index (χ0n) is 22.9. The summed E-state index contributed by atoms with van der Waals surface area (Å²) in [6.07, 6.45) is 0.344. The summed E-state index contributed by atoms with van der Waals surface area (Å²) >= 11 is 13.0. The number of halogens is 2. The van der Waals surface area contributed by atoms with Crippen LogP contribution in [-0.2, 0) is 16.1 Å². The molecule has 1 amide bonds. The fourth-order valence-electron chi connectivity index (χ4n) is 6.02.